The molecular weight excluding hydrogens is 335 g/mol. The summed E-state index contributed by atoms with van der Waals surface area (Å²) in [7, 11) is -2.99. The summed E-state index contributed by atoms with van der Waals surface area (Å²) in [6.07, 6.45) is 2.40. The molecule has 9 heteroatoms. The Hall–Kier alpha value is 0.150. The van der Waals surface area contributed by atoms with Gasteiger partial charge in [0.25, 0.3) is 0 Å². The lowest BCUT2D eigenvalue weighted by atomic mass is 10.4. The van der Waals surface area contributed by atoms with Crippen molar-refractivity contribution in [3.8, 4) is 0 Å². The summed E-state index contributed by atoms with van der Waals surface area (Å²) in [6.45, 7) is 3.70. The van der Waals surface area contributed by atoms with Crippen molar-refractivity contribution in [3.63, 3.8) is 0 Å². The van der Waals surface area contributed by atoms with Crippen LogP contribution in [0, 0.1) is 0 Å². The summed E-state index contributed by atoms with van der Waals surface area (Å²) in [5, 5.41) is -0.324. The molecule has 0 aliphatic carbocycles. The van der Waals surface area contributed by atoms with E-state index in [9.17, 15) is 19.0 Å². The zero-order chi connectivity index (χ0) is 16.3. The first kappa shape index (κ1) is 21.1. The number of phosphoric acid groups is 1. The standard InChI is InChI=1S/C12H23O6PS2/c1-4-6-11(13)20-9-10(21-12(14)7-5-2)8-18-19(15,16)17-3/h10H,4-9H2,1-3H3,(H,15,16)/t10-/m1/s1. The van der Waals surface area contributed by atoms with Crippen molar-refractivity contribution >= 4 is 41.6 Å². The quantitative estimate of drug-likeness (QED) is 0.563. The monoisotopic (exact) mass is 358 g/mol. The lowest BCUT2D eigenvalue weighted by Crippen LogP contribution is -2.18. The Kier molecular flexibility index (Phi) is 11.8. The summed E-state index contributed by atoms with van der Waals surface area (Å²) < 4.78 is 20.4. The topological polar surface area (TPSA) is 89.9 Å². The minimum Gasteiger partial charge on any atom is -0.303 e. The number of carbonyl (C=O) groups is 2. The SMILES string of the molecule is CCCC(=O)SC[C@@H](COP(=O)(O)OC)SC(=O)CCC. The average molecular weight is 358 g/mol. The number of phosphoric ester groups is 1. The Morgan fingerprint density at radius 1 is 1.19 bits per heavy atom. The van der Waals surface area contributed by atoms with Gasteiger partial charge in [-0.3, -0.25) is 18.6 Å². The highest BCUT2D eigenvalue weighted by atomic mass is 32.2. The number of rotatable bonds is 11. The molecule has 0 saturated carbocycles. The Morgan fingerprint density at radius 3 is 2.29 bits per heavy atom. The Bertz CT molecular complexity index is 377. The predicted octanol–water partition coefficient (Wildman–Crippen LogP) is 3.24. The molecule has 0 spiro atoms. The zero-order valence-corrected chi connectivity index (χ0v) is 15.1. The smallest absolute Gasteiger partial charge is 0.303 e. The van der Waals surface area contributed by atoms with E-state index in [1.54, 1.807) is 0 Å². The lowest BCUT2D eigenvalue weighted by molar-refractivity contribution is -0.111. The van der Waals surface area contributed by atoms with Crippen molar-refractivity contribution in [2.45, 2.75) is 44.8 Å². The van der Waals surface area contributed by atoms with Gasteiger partial charge in [-0.1, -0.05) is 37.4 Å². The van der Waals surface area contributed by atoms with Crippen LogP contribution in [0.5, 0.6) is 0 Å². The van der Waals surface area contributed by atoms with Crippen molar-refractivity contribution in [2.24, 2.45) is 0 Å². The van der Waals surface area contributed by atoms with Crippen molar-refractivity contribution < 1.29 is 28.1 Å². The van der Waals surface area contributed by atoms with Crippen molar-refractivity contribution in [1.29, 1.82) is 0 Å². The van der Waals surface area contributed by atoms with Gasteiger partial charge in [0.15, 0.2) is 10.2 Å². The number of carbonyl (C=O) groups excluding carboxylic acids is 2. The number of hydrogen-bond acceptors (Lipinski definition) is 7. The van der Waals surface area contributed by atoms with Gasteiger partial charge in [-0.2, -0.15) is 0 Å². The van der Waals surface area contributed by atoms with Crippen LogP contribution in [-0.2, 0) is 23.2 Å². The fourth-order valence-corrected chi connectivity index (χ4v) is 3.95. The van der Waals surface area contributed by atoms with Gasteiger partial charge in [0.05, 0.1) is 6.61 Å². The molecule has 1 N–H and O–H groups in total. The maximum atomic E-state index is 11.7. The van der Waals surface area contributed by atoms with E-state index in [0.717, 1.165) is 43.5 Å². The van der Waals surface area contributed by atoms with Gasteiger partial charge in [-0.05, 0) is 12.8 Å². The summed E-state index contributed by atoms with van der Waals surface area (Å²) in [5.41, 5.74) is 0. The third kappa shape index (κ3) is 11.4. The van der Waals surface area contributed by atoms with Crippen LogP contribution in [0.3, 0.4) is 0 Å². The Morgan fingerprint density at radius 2 is 1.76 bits per heavy atom. The van der Waals surface area contributed by atoms with E-state index in [2.05, 4.69) is 4.52 Å². The van der Waals surface area contributed by atoms with Crippen molar-refractivity contribution in [3.05, 3.63) is 0 Å². The van der Waals surface area contributed by atoms with Crippen LogP contribution < -0.4 is 0 Å². The molecule has 6 nitrogen and oxygen atoms in total. The molecule has 2 atom stereocenters. The van der Waals surface area contributed by atoms with E-state index in [4.69, 9.17) is 4.52 Å². The molecular formula is C12H23O6PS2. The average Bonchev–Trinajstić information content (AvgIpc) is 2.42. The first-order chi connectivity index (χ1) is 9.84. The summed E-state index contributed by atoms with van der Waals surface area (Å²) >= 11 is 2.18. The first-order valence-corrected chi connectivity index (χ1v) is 10.1. The molecule has 0 heterocycles. The lowest BCUT2D eigenvalue weighted by Gasteiger charge is -2.16. The number of hydrogen-bond donors (Lipinski definition) is 1. The zero-order valence-electron chi connectivity index (χ0n) is 12.6. The third-order valence-corrected chi connectivity index (χ3v) is 5.64. The molecule has 0 aromatic rings. The molecule has 0 saturated heterocycles. The molecule has 0 rings (SSSR count). The molecule has 0 aliphatic heterocycles. The maximum Gasteiger partial charge on any atom is 0.471 e. The minimum absolute atomic E-state index is 0.0140. The highest BCUT2D eigenvalue weighted by molar-refractivity contribution is 8.17. The molecule has 0 bridgehead atoms. The molecule has 0 aromatic carbocycles. The van der Waals surface area contributed by atoms with E-state index in [0.29, 0.717) is 18.6 Å². The second kappa shape index (κ2) is 11.7. The fraction of sp³-hybridized carbons (Fsp3) is 0.833. The molecule has 1 unspecified atom stereocenters. The third-order valence-electron chi connectivity index (χ3n) is 2.29. The van der Waals surface area contributed by atoms with Gasteiger partial charge in [0.2, 0.25) is 0 Å². The van der Waals surface area contributed by atoms with Gasteiger partial charge in [0, 0.05) is 31.0 Å². The molecule has 0 aliphatic rings. The first-order valence-electron chi connectivity index (χ1n) is 6.72. The predicted molar refractivity (Wildman–Crippen MR) is 86.5 cm³/mol. The van der Waals surface area contributed by atoms with Crippen LogP contribution in [0.25, 0.3) is 0 Å². The van der Waals surface area contributed by atoms with E-state index < -0.39 is 7.82 Å². The fourth-order valence-electron chi connectivity index (χ4n) is 1.26. The second-order valence-electron chi connectivity index (χ2n) is 4.24. The van der Waals surface area contributed by atoms with Crippen LogP contribution in [0.15, 0.2) is 0 Å². The second-order valence-corrected chi connectivity index (χ2v) is 8.24. The van der Waals surface area contributed by atoms with Gasteiger partial charge >= 0.3 is 7.82 Å². The van der Waals surface area contributed by atoms with E-state index >= 15 is 0 Å². The van der Waals surface area contributed by atoms with Gasteiger partial charge in [-0.25, -0.2) is 4.57 Å². The Labute approximate surface area is 134 Å². The largest absolute Gasteiger partial charge is 0.471 e. The normalized spacial score (nSPS) is 15.4. The van der Waals surface area contributed by atoms with Gasteiger partial charge in [0.1, 0.15) is 0 Å². The highest BCUT2D eigenvalue weighted by Crippen LogP contribution is 2.42. The summed E-state index contributed by atoms with van der Waals surface area (Å²) in [5.74, 6) is 0.364. The van der Waals surface area contributed by atoms with Gasteiger partial charge in [-0.15, -0.1) is 0 Å². The highest BCUT2D eigenvalue weighted by Gasteiger charge is 2.23. The van der Waals surface area contributed by atoms with E-state index in [1.807, 2.05) is 13.8 Å². The molecule has 21 heavy (non-hydrogen) atoms. The molecule has 0 amide bonds. The van der Waals surface area contributed by atoms with Crippen LogP contribution in [0.4, 0.5) is 0 Å². The van der Waals surface area contributed by atoms with Gasteiger partial charge < -0.3 is 4.89 Å². The van der Waals surface area contributed by atoms with E-state index in [-0.39, 0.29) is 22.1 Å². The summed E-state index contributed by atoms with van der Waals surface area (Å²) in [6, 6.07) is 0. The van der Waals surface area contributed by atoms with E-state index in [1.165, 1.54) is 0 Å². The van der Waals surface area contributed by atoms with Crippen LogP contribution in [0.1, 0.15) is 39.5 Å². The maximum absolute atomic E-state index is 11.7. The molecule has 0 radical (unpaired) electrons. The Balaban J connectivity index is 4.43. The minimum atomic E-state index is -4.07. The van der Waals surface area contributed by atoms with Crippen LogP contribution >= 0.6 is 31.3 Å². The molecule has 0 fully saturated rings. The van der Waals surface area contributed by atoms with Crippen LogP contribution in [-0.4, -0.2) is 39.8 Å². The van der Waals surface area contributed by atoms with Crippen LogP contribution in [0.2, 0.25) is 0 Å². The summed E-state index contributed by atoms with van der Waals surface area (Å²) in [4.78, 5) is 32.4. The molecule has 124 valence electrons. The number of thioether (sulfide) groups is 2. The van der Waals surface area contributed by atoms with Crippen molar-refractivity contribution in [1.82, 2.24) is 0 Å². The molecule has 0 aromatic heterocycles. The van der Waals surface area contributed by atoms with Crippen molar-refractivity contribution in [2.75, 3.05) is 19.5 Å².